The number of rotatable bonds is 11. The highest BCUT2D eigenvalue weighted by atomic mass is 16.5. The van der Waals surface area contributed by atoms with Crippen molar-refractivity contribution in [2.45, 2.75) is 38.6 Å². The molecule has 1 unspecified atom stereocenters. The first-order valence-corrected chi connectivity index (χ1v) is 11.1. The second-order valence-electron chi connectivity index (χ2n) is 7.78. The van der Waals surface area contributed by atoms with Crippen LogP contribution in [0.25, 0.3) is 0 Å². The molecule has 0 aliphatic carbocycles. The maximum Gasteiger partial charge on any atom is 0.251 e. The topological polar surface area (TPSA) is 60.0 Å². The fourth-order valence-electron chi connectivity index (χ4n) is 3.98. The molecular weight excluding hydrogens is 392 g/mol. The third-order valence-corrected chi connectivity index (χ3v) is 5.72. The Morgan fingerprint density at radius 1 is 1.03 bits per heavy atom. The largest absolute Gasteiger partial charge is 0.496 e. The van der Waals surface area contributed by atoms with E-state index in [1.54, 1.807) is 26.4 Å². The molecule has 3 rings (SSSR count). The van der Waals surface area contributed by atoms with Gasteiger partial charge in [0.15, 0.2) is 11.5 Å². The summed E-state index contributed by atoms with van der Waals surface area (Å²) < 4.78 is 16.8. The number of para-hydroxylation sites is 1. The van der Waals surface area contributed by atoms with Crippen LogP contribution in [0.4, 0.5) is 0 Å². The van der Waals surface area contributed by atoms with Gasteiger partial charge in [0.25, 0.3) is 5.91 Å². The highest BCUT2D eigenvalue weighted by molar-refractivity contribution is 5.94. The molecule has 1 heterocycles. The molecule has 6 nitrogen and oxygen atoms in total. The van der Waals surface area contributed by atoms with E-state index in [1.807, 2.05) is 24.3 Å². The Morgan fingerprint density at radius 2 is 1.77 bits per heavy atom. The molecule has 0 spiro atoms. The first-order valence-electron chi connectivity index (χ1n) is 11.1. The fourth-order valence-corrected chi connectivity index (χ4v) is 3.98. The van der Waals surface area contributed by atoms with E-state index in [2.05, 4.69) is 23.2 Å². The third-order valence-electron chi connectivity index (χ3n) is 5.72. The summed E-state index contributed by atoms with van der Waals surface area (Å²) in [7, 11) is 3.28. The predicted octanol–water partition coefficient (Wildman–Crippen LogP) is 4.45. The molecule has 1 fully saturated rings. The van der Waals surface area contributed by atoms with Gasteiger partial charge in [0.1, 0.15) is 5.75 Å². The lowest BCUT2D eigenvalue weighted by atomic mass is 10.0. The predicted molar refractivity (Wildman–Crippen MR) is 122 cm³/mol. The Hall–Kier alpha value is -2.73. The van der Waals surface area contributed by atoms with Gasteiger partial charge in [-0.05, 0) is 56.6 Å². The Morgan fingerprint density at radius 3 is 2.48 bits per heavy atom. The highest BCUT2D eigenvalue weighted by Gasteiger charge is 2.26. The summed E-state index contributed by atoms with van der Waals surface area (Å²) in [6.45, 7) is 5.31. The van der Waals surface area contributed by atoms with Crippen LogP contribution in [0.15, 0.2) is 42.5 Å². The summed E-state index contributed by atoms with van der Waals surface area (Å²) in [5.41, 5.74) is 1.66. The molecule has 0 saturated carbocycles. The quantitative estimate of drug-likeness (QED) is 0.538. The van der Waals surface area contributed by atoms with Crippen molar-refractivity contribution < 1.29 is 19.0 Å². The minimum absolute atomic E-state index is 0.0705. The van der Waals surface area contributed by atoms with E-state index in [0.717, 1.165) is 37.2 Å². The molecule has 0 radical (unpaired) electrons. The van der Waals surface area contributed by atoms with Crippen molar-refractivity contribution >= 4 is 5.91 Å². The van der Waals surface area contributed by atoms with Crippen LogP contribution in [0.1, 0.15) is 54.6 Å². The summed E-state index contributed by atoms with van der Waals surface area (Å²) in [6.07, 6.45) is 4.39. The van der Waals surface area contributed by atoms with E-state index in [9.17, 15) is 4.79 Å². The first kappa shape index (κ1) is 22.9. The van der Waals surface area contributed by atoms with Gasteiger partial charge in [-0.25, -0.2) is 0 Å². The van der Waals surface area contributed by atoms with E-state index in [0.29, 0.717) is 30.2 Å². The molecule has 168 valence electrons. The van der Waals surface area contributed by atoms with Crippen LogP contribution in [-0.4, -0.2) is 51.3 Å². The number of carbonyl (C=O) groups is 1. The zero-order chi connectivity index (χ0) is 22.1. The highest BCUT2D eigenvalue weighted by Crippen LogP contribution is 2.32. The number of amides is 1. The van der Waals surface area contributed by atoms with Gasteiger partial charge in [0, 0.05) is 17.7 Å². The van der Waals surface area contributed by atoms with Crippen LogP contribution in [0.5, 0.6) is 17.2 Å². The van der Waals surface area contributed by atoms with Crippen LogP contribution >= 0.6 is 0 Å². The molecule has 1 N–H and O–H groups in total. The number of carbonyl (C=O) groups excluding carboxylic acids is 1. The van der Waals surface area contributed by atoms with E-state index >= 15 is 0 Å². The Kier molecular flexibility index (Phi) is 8.59. The van der Waals surface area contributed by atoms with Gasteiger partial charge in [-0.1, -0.05) is 31.5 Å². The van der Waals surface area contributed by atoms with Gasteiger partial charge in [0.2, 0.25) is 0 Å². The van der Waals surface area contributed by atoms with Crippen molar-refractivity contribution in [2.24, 2.45) is 0 Å². The van der Waals surface area contributed by atoms with E-state index in [-0.39, 0.29) is 11.9 Å². The van der Waals surface area contributed by atoms with Crippen molar-refractivity contribution in [3.63, 3.8) is 0 Å². The second-order valence-corrected chi connectivity index (χ2v) is 7.78. The molecule has 2 aromatic rings. The van der Waals surface area contributed by atoms with Crippen molar-refractivity contribution in [1.82, 2.24) is 10.2 Å². The van der Waals surface area contributed by atoms with Crippen molar-refractivity contribution in [3.8, 4) is 17.2 Å². The van der Waals surface area contributed by atoms with Gasteiger partial charge in [-0.15, -0.1) is 0 Å². The van der Waals surface area contributed by atoms with Crippen LogP contribution in [0.3, 0.4) is 0 Å². The summed E-state index contributed by atoms with van der Waals surface area (Å²) in [5.74, 6) is 1.96. The van der Waals surface area contributed by atoms with Gasteiger partial charge < -0.3 is 19.5 Å². The number of methoxy groups -OCH3 is 2. The van der Waals surface area contributed by atoms with Crippen molar-refractivity contribution in [2.75, 3.05) is 40.5 Å². The second kappa shape index (κ2) is 11.6. The number of hydrogen-bond acceptors (Lipinski definition) is 5. The molecule has 1 aliphatic heterocycles. The average Bonchev–Trinajstić information content (AvgIpc) is 3.34. The fraction of sp³-hybridized carbons (Fsp3) is 0.480. The van der Waals surface area contributed by atoms with Crippen molar-refractivity contribution in [3.05, 3.63) is 53.6 Å². The standard InChI is InChI=1S/C25H34N2O4/c1-4-5-16-31-23-13-12-19(17-24(23)30-3)25(28)26-18-21(27-14-8-9-15-27)20-10-6-7-11-22(20)29-2/h6-7,10-13,17,21H,4-5,8-9,14-16,18H2,1-3H3,(H,26,28). The minimum atomic E-state index is -0.127. The maximum absolute atomic E-state index is 12.9. The number of nitrogens with one attached hydrogen (secondary N) is 1. The summed E-state index contributed by atoms with van der Waals surface area (Å²) >= 11 is 0. The number of likely N-dealkylation sites (tertiary alicyclic amines) is 1. The first-order chi connectivity index (χ1) is 15.2. The van der Waals surface area contributed by atoms with Crippen molar-refractivity contribution in [1.29, 1.82) is 0 Å². The van der Waals surface area contributed by atoms with Crippen LogP contribution in [0.2, 0.25) is 0 Å². The molecule has 1 saturated heterocycles. The third kappa shape index (κ3) is 5.91. The summed E-state index contributed by atoms with van der Waals surface area (Å²) in [5, 5.41) is 3.12. The van der Waals surface area contributed by atoms with Gasteiger partial charge in [-0.2, -0.15) is 0 Å². The lowest BCUT2D eigenvalue weighted by molar-refractivity contribution is 0.0937. The lowest BCUT2D eigenvalue weighted by Crippen LogP contribution is -2.37. The lowest BCUT2D eigenvalue weighted by Gasteiger charge is -2.29. The Balaban J connectivity index is 1.72. The van der Waals surface area contributed by atoms with E-state index < -0.39 is 0 Å². The summed E-state index contributed by atoms with van der Waals surface area (Å²) in [4.78, 5) is 15.4. The zero-order valence-corrected chi connectivity index (χ0v) is 18.9. The van der Waals surface area contributed by atoms with Gasteiger partial charge in [0.05, 0.1) is 26.9 Å². The zero-order valence-electron chi connectivity index (χ0n) is 18.9. The SMILES string of the molecule is CCCCOc1ccc(C(=O)NCC(c2ccccc2OC)N2CCCC2)cc1OC. The molecular formula is C25H34N2O4. The number of nitrogens with zero attached hydrogens (tertiary/aromatic N) is 1. The molecule has 1 amide bonds. The van der Waals surface area contributed by atoms with E-state index in [1.165, 1.54) is 12.8 Å². The molecule has 1 atom stereocenters. The average molecular weight is 427 g/mol. The maximum atomic E-state index is 12.9. The Bertz CT molecular complexity index is 849. The number of unbranched alkanes of at least 4 members (excludes halogenated alkanes) is 1. The molecule has 6 heteroatoms. The summed E-state index contributed by atoms with van der Waals surface area (Å²) in [6, 6.07) is 13.4. The molecule has 0 bridgehead atoms. The van der Waals surface area contributed by atoms with Crippen LogP contribution < -0.4 is 19.5 Å². The monoisotopic (exact) mass is 426 g/mol. The van der Waals surface area contributed by atoms with Gasteiger partial charge in [-0.3, -0.25) is 9.69 Å². The number of hydrogen-bond donors (Lipinski definition) is 1. The molecule has 31 heavy (non-hydrogen) atoms. The smallest absolute Gasteiger partial charge is 0.251 e. The van der Waals surface area contributed by atoms with Gasteiger partial charge >= 0.3 is 0 Å². The number of benzene rings is 2. The van der Waals surface area contributed by atoms with Crippen LogP contribution in [-0.2, 0) is 0 Å². The van der Waals surface area contributed by atoms with Crippen LogP contribution in [0, 0.1) is 0 Å². The molecule has 2 aromatic carbocycles. The molecule has 0 aromatic heterocycles. The van der Waals surface area contributed by atoms with E-state index in [4.69, 9.17) is 14.2 Å². The number of ether oxygens (including phenoxy) is 3. The molecule has 1 aliphatic rings. The normalized spacial score (nSPS) is 14.8. The Labute approximate surface area is 185 Å². The minimum Gasteiger partial charge on any atom is -0.496 e.